The molecular weight excluding hydrogens is 669 g/mol. The summed E-state index contributed by atoms with van der Waals surface area (Å²) in [4.78, 5) is 49.9. The molecular formula is C35H29F3N8O5. The van der Waals surface area contributed by atoms with E-state index < -0.39 is 29.9 Å². The fourth-order valence-corrected chi connectivity index (χ4v) is 5.25. The third-order valence-electron chi connectivity index (χ3n) is 7.73. The molecule has 0 aliphatic heterocycles. The average Bonchev–Trinajstić information content (AvgIpc) is 3.78. The van der Waals surface area contributed by atoms with E-state index in [1.807, 2.05) is 0 Å². The first-order valence-corrected chi connectivity index (χ1v) is 15.4. The quantitative estimate of drug-likeness (QED) is 0.150. The lowest BCUT2D eigenvalue weighted by Crippen LogP contribution is -2.18. The molecule has 0 aliphatic carbocycles. The molecule has 0 radical (unpaired) electrons. The number of imidazole rings is 1. The van der Waals surface area contributed by atoms with Crippen LogP contribution in [0, 0.1) is 0 Å². The molecule has 260 valence electrons. The van der Waals surface area contributed by atoms with E-state index >= 15 is 0 Å². The number of aromatic nitrogens is 5. The number of rotatable bonds is 9. The fourth-order valence-electron chi connectivity index (χ4n) is 5.25. The molecule has 0 saturated carbocycles. The Bertz CT molecular complexity index is 2260. The Kier molecular flexibility index (Phi) is 9.24. The Morgan fingerprint density at radius 2 is 1.55 bits per heavy atom. The molecule has 0 unspecified atom stereocenters. The lowest BCUT2D eigenvalue weighted by molar-refractivity contribution is -0.147. The van der Waals surface area contributed by atoms with E-state index in [2.05, 4.69) is 36.1 Å². The van der Waals surface area contributed by atoms with Crippen molar-refractivity contribution in [1.82, 2.24) is 30.0 Å². The number of fused-ring (bicyclic) bond motifs is 1. The molecule has 6 rings (SSSR count). The Morgan fingerprint density at radius 3 is 2.18 bits per heavy atom. The third-order valence-corrected chi connectivity index (χ3v) is 7.73. The molecule has 0 bridgehead atoms. The summed E-state index contributed by atoms with van der Waals surface area (Å²) in [7, 11) is 2.93. The minimum Gasteiger partial charge on any atom is -0.494 e. The predicted octanol–water partition coefficient (Wildman–Crippen LogP) is 6.62. The molecule has 0 fully saturated rings. The number of ether oxygens (including phenoxy) is 1. The van der Waals surface area contributed by atoms with Crippen LogP contribution in [0.3, 0.4) is 0 Å². The minimum absolute atomic E-state index is 0.0621. The van der Waals surface area contributed by atoms with Crippen molar-refractivity contribution >= 4 is 40.1 Å². The van der Waals surface area contributed by atoms with Crippen LogP contribution in [-0.2, 0) is 6.18 Å². The Morgan fingerprint density at radius 1 is 0.843 bits per heavy atom. The van der Waals surface area contributed by atoms with Gasteiger partial charge in [0.25, 0.3) is 23.6 Å². The van der Waals surface area contributed by atoms with Gasteiger partial charge in [0.1, 0.15) is 11.4 Å². The predicted molar refractivity (Wildman–Crippen MR) is 180 cm³/mol. The van der Waals surface area contributed by atoms with Gasteiger partial charge in [-0.3, -0.25) is 19.4 Å². The maximum Gasteiger partial charge on any atom is 0.449 e. The number of amides is 3. The molecule has 0 spiro atoms. The van der Waals surface area contributed by atoms with Crippen molar-refractivity contribution in [1.29, 1.82) is 0 Å². The van der Waals surface area contributed by atoms with E-state index in [1.54, 1.807) is 56.3 Å². The van der Waals surface area contributed by atoms with Gasteiger partial charge in [-0.1, -0.05) is 5.16 Å². The van der Waals surface area contributed by atoms with Gasteiger partial charge in [0, 0.05) is 53.3 Å². The number of methoxy groups -OCH3 is 1. The fraction of sp³-hybridized carbons (Fsp3) is 0.171. The second-order valence-electron chi connectivity index (χ2n) is 11.4. The molecule has 3 aromatic heterocycles. The number of benzene rings is 3. The smallest absolute Gasteiger partial charge is 0.449 e. The molecule has 0 atom stereocenters. The van der Waals surface area contributed by atoms with Crippen LogP contribution in [0.15, 0.2) is 83.5 Å². The van der Waals surface area contributed by atoms with Crippen molar-refractivity contribution in [2.45, 2.75) is 26.1 Å². The molecule has 0 saturated heterocycles. The largest absolute Gasteiger partial charge is 0.494 e. The van der Waals surface area contributed by atoms with Crippen LogP contribution in [0.25, 0.3) is 33.9 Å². The normalized spacial score (nSPS) is 11.5. The van der Waals surface area contributed by atoms with Gasteiger partial charge in [0.15, 0.2) is 0 Å². The van der Waals surface area contributed by atoms with Gasteiger partial charge in [-0.25, -0.2) is 4.98 Å². The molecule has 3 amide bonds. The number of carbonyl (C=O) groups is 3. The van der Waals surface area contributed by atoms with Crippen LogP contribution in [0.1, 0.15) is 56.9 Å². The highest BCUT2D eigenvalue weighted by Gasteiger charge is 2.38. The lowest BCUT2D eigenvalue weighted by atomic mass is 10.1. The zero-order valence-corrected chi connectivity index (χ0v) is 27.5. The zero-order chi connectivity index (χ0) is 36.4. The highest BCUT2D eigenvalue weighted by atomic mass is 19.4. The van der Waals surface area contributed by atoms with Gasteiger partial charge in [0.2, 0.25) is 11.6 Å². The molecule has 13 nitrogen and oxygen atoms in total. The Labute approximate surface area is 287 Å². The summed E-state index contributed by atoms with van der Waals surface area (Å²) >= 11 is 0. The van der Waals surface area contributed by atoms with E-state index in [9.17, 15) is 27.6 Å². The Balaban J connectivity index is 1.13. The van der Waals surface area contributed by atoms with E-state index in [0.29, 0.717) is 39.1 Å². The molecule has 16 heteroatoms. The number of hydrogen-bond donors (Lipinski definition) is 3. The summed E-state index contributed by atoms with van der Waals surface area (Å²) in [5, 5.41) is 12.0. The number of hydrogen-bond acceptors (Lipinski definition) is 9. The maximum atomic E-state index is 13.6. The summed E-state index contributed by atoms with van der Waals surface area (Å²) in [6, 6.07) is 17.9. The van der Waals surface area contributed by atoms with E-state index in [0.717, 1.165) is 4.57 Å². The molecule has 3 N–H and O–H groups in total. The van der Waals surface area contributed by atoms with Gasteiger partial charge in [0.05, 0.1) is 23.8 Å². The molecule has 6 aromatic rings. The monoisotopic (exact) mass is 698 g/mol. The number of halogens is 3. The van der Waals surface area contributed by atoms with Crippen molar-refractivity contribution in [3.8, 4) is 28.6 Å². The number of nitrogens with zero attached hydrogens (tertiary/aromatic N) is 5. The van der Waals surface area contributed by atoms with Gasteiger partial charge in [-0.2, -0.15) is 18.2 Å². The summed E-state index contributed by atoms with van der Waals surface area (Å²) in [5.41, 5.74) is 2.80. The maximum absolute atomic E-state index is 13.6. The topological polar surface area (TPSA) is 166 Å². The molecule has 51 heavy (non-hydrogen) atoms. The lowest BCUT2D eigenvalue weighted by Gasteiger charge is -2.14. The number of carbonyl (C=O) groups excluding carboxylic acids is 3. The highest BCUT2D eigenvalue weighted by molar-refractivity contribution is 6.06. The highest BCUT2D eigenvalue weighted by Crippen LogP contribution is 2.35. The van der Waals surface area contributed by atoms with Crippen LogP contribution in [-0.4, -0.2) is 56.6 Å². The van der Waals surface area contributed by atoms with E-state index in [-0.39, 0.29) is 34.6 Å². The standard InChI is InChI=1S/C35H29F3N8O5/c1-18(2)46-27-14-10-21(15-26(27)43-34(46)35(36,37)38)33-44-29(45-51-33)22-9-12-25(40-17-22)32(49)42-24-13-11-23(16-28(24)50-4)41-31(48)20-7-5-19(6-8-20)30(47)39-3/h5-18H,1-4H3,(H,39,47)(H,41,48)(H,42,49). The van der Waals surface area contributed by atoms with Crippen LogP contribution in [0.2, 0.25) is 0 Å². The average molecular weight is 699 g/mol. The minimum atomic E-state index is -4.63. The first-order chi connectivity index (χ1) is 24.4. The SMILES string of the molecule is CNC(=O)c1ccc(C(=O)Nc2ccc(NC(=O)c3ccc(-c4noc(-c5ccc6c(c5)nc(C(F)(F)F)n6C(C)C)n4)cn3)c(OC)c2)cc1. The van der Waals surface area contributed by atoms with Gasteiger partial charge >= 0.3 is 6.18 Å². The number of alkyl halides is 3. The summed E-state index contributed by atoms with van der Waals surface area (Å²) < 4.78 is 52.8. The summed E-state index contributed by atoms with van der Waals surface area (Å²) in [6.45, 7) is 3.30. The van der Waals surface area contributed by atoms with Crippen molar-refractivity contribution < 1.29 is 36.8 Å². The summed E-state index contributed by atoms with van der Waals surface area (Å²) in [6.07, 6.45) is -3.25. The molecule has 3 heterocycles. The van der Waals surface area contributed by atoms with Gasteiger partial charge in [-0.15, -0.1) is 0 Å². The molecule has 0 aliphatic rings. The summed E-state index contributed by atoms with van der Waals surface area (Å²) in [5.74, 6) is -1.73. The number of anilines is 2. The zero-order valence-electron chi connectivity index (χ0n) is 27.5. The van der Waals surface area contributed by atoms with Crippen molar-refractivity contribution in [3.05, 3.63) is 102 Å². The first-order valence-electron chi connectivity index (χ1n) is 15.4. The van der Waals surface area contributed by atoms with E-state index in [1.165, 1.54) is 50.7 Å². The van der Waals surface area contributed by atoms with Crippen LogP contribution >= 0.6 is 0 Å². The third kappa shape index (κ3) is 7.10. The number of pyridine rings is 1. The Hall–Kier alpha value is -6.58. The van der Waals surface area contributed by atoms with Crippen molar-refractivity contribution in [2.24, 2.45) is 0 Å². The van der Waals surface area contributed by atoms with Crippen LogP contribution in [0.4, 0.5) is 24.5 Å². The second-order valence-corrected chi connectivity index (χ2v) is 11.4. The molecule has 3 aromatic carbocycles. The van der Waals surface area contributed by atoms with E-state index in [4.69, 9.17) is 9.26 Å². The first kappa shape index (κ1) is 34.3. The van der Waals surface area contributed by atoms with Crippen molar-refractivity contribution in [2.75, 3.05) is 24.8 Å². The second kappa shape index (κ2) is 13.7. The van der Waals surface area contributed by atoms with Gasteiger partial charge < -0.3 is 29.8 Å². The van der Waals surface area contributed by atoms with Crippen molar-refractivity contribution in [3.63, 3.8) is 0 Å². The van der Waals surface area contributed by atoms with Gasteiger partial charge in [-0.05, 0) is 80.6 Å². The van der Waals surface area contributed by atoms with Crippen LogP contribution < -0.4 is 20.7 Å². The van der Waals surface area contributed by atoms with Crippen LogP contribution in [0.5, 0.6) is 5.75 Å². The number of nitrogens with one attached hydrogen (secondary N) is 3.